The van der Waals surface area contributed by atoms with Gasteiger partial charge < -0.3 is 9.64 Å². The van der Waals surface area contributed by atoms with Crippen molar-refractivity contribution in [1.29, 1.82) is 0 Å². The van der Waals surface area contributed by atoms with Gasteiger partial charge in [0.25, 0.3) is 0 Å². The molecular formula is C18H25FN2O2. The van der Waals surface area contributed by atoms with Crippen LogP contribution in [-0.4, -0.2) is 55.0 Å². The lowest BCUT2D eigenvalue weighted by Gasteiger charge is -2.33. The molecule has 126 valence electrons. The van der Waals surface area contributed by atoms with E-state index in [1.165, 1.54) is 25.0 Å². The van der Waals surface area contributed by atoms with E-state index in [2.05, 4.69) is 4.90 Å². The summed E-state index contributed by atoms with van der Waals surface area (Å²) in [5.41, 5.74) is 0. The van der Waals surface area contributed by atoms with Gasteiger partial charge in [-0.1, -0.05) is 0 Å². The lowest BCUT2D eigenvalue weighted by Crippen LogP contribution is -2.45. The molecule has 0 bridgehead atoms. The molecule has 2 fully saturated rings. The molecule has 1 aromatic rings. The van der Waals surface area contributed by atoms with E-state index in [0.717, 1.165) is 39.0 Å². The quantitative estimate of drug-likeness (QED) is 0.836. The van der Waals surface area contributed by atoms with Crippen LogP contribution in [0.5, 0.6) is 5.75 Å². The van der Waals surface area contributed by atoms with Gasteiger partial charge in [-0.3, -0.25) is 9.69 Å². The van der Waals surface area contributed by atoms with E-state index in [-0.39, 0.29) is 11.7 Å². The number of amides is 1. The second kappa shape index (κ2) is 7.77. The van der Waals surface area contributed by atoms with E-state index >= 15 is 0 Å². The van der Waals surface area contributed by atoms with Gasteiger partial charge >= 0.3 is 0 Å². The number of benzene rings is 1. The van der Waals surface area contributed by atoms with Crippen LogP contribution in [0.2, 0.25) is 0 Å². The highest BCUT2D eigenvalue weighted by molar-refractivity contribution is 5.78. The van der Waals surface area contributed by atoms with Crippen LogP contribution in [0, 0.1) is 11.7 Å². The molecule has 2 aliphatic heterocycles. The number of piperidine rings is 1. The van der Waals surface area contributed by atoms with Crippen LogP contribution in [0.1, 0.15) is 25.7 Å². The Morgan fingerprint density at radius 1 is 1.13 bits per heavy atom. The molecule has 4 nitrogen and oxygen atoms in total. The minimum absolute atomic E-state index is 0.249. The van der Waals surface area contributed by atoms with E-state index in [9.17, 15) is 9.18 Å². The molecule has 2 aliphatic rings. The predicted octanol–water partition coefficient (Wildman–Crippen LogP) is 2.54. The maximum atomic E-state index is 12.9. The fourth-order valence-electron chi connectivity index (χ4n) is 3.40. The second-order valence-electron chi connectivity index (χ2n) is 6.60. The molecule has 0 radical (unpaired) electrons. The highest BCUT2D eigenvalue weighted by Crippen LogP contribution is 2.20. The van der Waals surface area contributed by atoms with Crippen LogP contribution in [0.3, 0.4) is 0 Å². The summed E-state index contributed by atoms with van der Waals surface area (Å²) in [7, 11) is 0. The maximum Gasteiger partial charge on any atom is 0.236 e. The first kappa shape index (κ1) is 16.2. The number of hydrogen-bond acceptors (Lipinski definition) is 3. The largest absolute Gasteiger partial charge is 0.493 e. The molecule has 0 saturated carbocycles. The lowest BCUT2D eigenvalue weighted by molar-refractivity contribution is -0.134. The summed E-state index contributed by atoms with van der Waals surface area (Å²) in [6.07, 6.45) is 4.53. The third-order valence-electron chi connectivity index (χ3n) is 4.73. The first-order valence-corrected chi connectivity index (χ1v) is 8.59. The van der Waals surface area contributed by atoms with Crippen molar-refractivity contribution in [3.05, 3.63) is 30.1 Å². The van der Waals surface area contributed by atoms with Gasteiger partial charge in [-0.15, -0.1) is 0 Å². The zero-order chi connectivity index (χ0) is 16.1. The van der Waals surface area contributed by atoms with Gasteiger partial charge in [-0.25, -0.2) is 4.39 Å². The first-order valence-electron chi connectivity index (χ1n) is 8.59. The molecule has 1 amide bonds. The van der Waals surface area contributed by atoms with Crippen molar-refractivity contribution in [3.63, 3.8) is 0 Å². The van der Waals surface area contributed by atoms with E-state index in [0.29, 0.717) is 24.8 Å². The average molecular weight is 320 g/mol. The molecule has 1 atom stereocenters. The number of nitrogens with zero attached hydrogens (tertiary/aromatic N) is 2. The van der Waals surface area contributed by atoms with Gasteiger partial charge in [-0.05, 0) is 63.0 Å². The Hall–Kier alpha value is -1.62. The molecule has 0 aliphatic carbocycles. The smallest absolute Gasteiger partial charge is 0.236 e. The summed E-state index contributed by atoms with van der Waals surface area (Å²) in [5.74, 6) is 1.04. The fourth-order valence-corrected chi connectivity index (χ4v) is 3.40. The summed E-state index contributed by atoms with van der Waals surface area (Å²) in [6.45, 7) is 4.88. The standard InChI is InChI=1S/C18H25FN2O2/c19-16-5-7-17(8-6-16)23-14-15-4-3-11-21(12-15)18(22)13-20-9-1-2-10-20/h5-8,15H,1-4,9-14H2/t15-/m0/s1. The van der Waals surface area contributed by atoms with Gasteiger partial charge in [0.05, 0.1) is 13.2 Å². The topological polar surface area (TPSA) is 32.8 Å². The summed E-state index contributed by atoms with van der Waals surface area (Å²) in [4.78, 5) is 16.7. The number of hydrogen-bond donors (Lipinski definition) is 0. The third kappa shape index (κ3) is 4.67. The molecule has 23 heavy (non-hydrogen) atoms. The molecule has 2 heterocycles. The third-order valence-corrected chi connectivity index (χ3v) is 4.73. The Morgan fingerprint density at radius 2 is 1.87 bits per heavy atom. The molecule has 0 N–H and O–H groups in total. The molecule has 2 saturated heterocycles. The van der Waals surface area contributed by atoms with Gasteiger partial charge in [0, 0.05) is 19.0 Å². The van der Waals surface area contributed by atoms with Crippen LogP contribution in [0.25, 0.3) is 0 Å². The zero-order valence-electron chi connectivity index (χ0n) is 13.5. The molecule has 1 aromatic carbocycles. The van der Waals surface area contributed by atoms with E-state index < -0.39 is 0 Å². The van der Waals surface area contributed by atoms with E-state index in [4.69, 9.17) is 4.74 Å². The van der Waals surface area contributed by atoms with Crippen LogP contribution in [-0.2, 0) is 4.79 Å². The normalized spacial score (nSPS) is 22.3. The van der Waals surface area contributed by atoms with Crippen molar-refractivity contribution < 1.29 is 13.9 Å². The highest BCUT2D eigenvalue weighted by atomic mass is 19.1. The Labute approximate surface area is 137 Å². The summed E-state index contributed by atoms with van der Waals surface area (Å²) < 4.78 is 18.6. The van der Waals surface area contributed by atoms with E-state index in [1.807, 2.05) is 4.90 Å². The van der Waals surface area contributed by atoms with Crippen molar-refractivity contribution in [2.75, 3.05) is 39.3 Å². The lowest BCUT2D eigenvalue weighted by atomic mass is 9.99. The monoisotopic (exact) mass is 320 g/mol. The molecule has 5 heteroatoms. The van der Waals surface area contributed by atoms with Crippen LogP contribution in [0.15, 0.2) is 24.3 Å². The van der Waals surface area contributed by atoms with Gasteiger partial charge in [-0.2, -0.15) is 0 Å². The van der Waals surface area contributed by atoms with Crippen molar-refractivity contribution in [3.8, 4) is 5.75 Å². The van der Waals surface area contributed by atoms with E-state index in [1.54, 1.807) is 12.1 Å². The molecule has 0 aromatic heterocycles. The van der Waals surface area contributed by atoms with Crippen molar-refractivity contribution >= 4 is 5.91 Å². The Kier molecular flexibility index (Phi) is 5.49. The second-order valence-corrected chi connectivity index (χ2v) is 6.60. The summed E-state index contributed by atoms with van der Waals surface area (Å²) in [5, 5.41) is 0. The Balaban J connectivity index is 1.45. The highest BCUT2D eigenvalue weighted by Gasteiger charge is 2.26. The summed E-state index contributed by atoms with van der Waals surface area (Å²) >= 11 is 0. The van der Waals surface area contributed by atoms with Crippen molar-refractivity contribution in [2.24, 2.45) is 5.92 Å². The van der Waals surface area contributed by atoms with Crippen molar-refractivity contribution in [2.45, 2.75) is 25.7 Å². The zero-order valence-corrected chi connectivity index (χ0v) is 13.5. The fraction of sp³-hybridized carbons (Fsp3) is 0.611. The van der Waals surface area contributed by atoms with Crippen LogP contribution >= 0.6 is 0 Å². The van der Waals surface area contributed by atoms with Gasteiger partial charge in [0.15, 0.2) is 0 Å². The summed E-state index contributed by atoms with van der Waals surface area (Å²) in [6, 6.07) is 6.10. The Bertz CT molecular complexity index is 514. The number of likely N-dealkylation sites (tertiary alicyclic amines) is 2. The SMILES string of the molecule is O=C(CN1CCCC1)N1CCC[C@H](COc2ccc(F)cc2)C1. The maximum absolute atomic E-state index is 12.9. The van der Waals surface area contributed by atoms with Crippen LogP contribution < -0.4 is 4.74 Å². The average Bonchev–Trinajstić information content (AvgIpc) is 3.07. The number of ether oxygens (including phenoxy) is 1. The minimum atomic E-state index is -0.256. The predicted molar refractivity (Wildman–Crippen MR) is 86.9 cm³/mol. The number of carbonyl (C=O) groups excluding carboxylic acids is 1. The number of halogens is 1. The first-order chi connectivity index (χ1) is 11.2. The van der Waals surface area contributed by atoms with Gasteiger partial charge in [0.2, 0.25) is 5.91 Å². The molecular weight excluding hydrogens is 295 g/mol. The molecule has 0 unspecified atom stereocenters. The number of carbonyl (C=O) groups is 1. The van der Waals surface area contributed by atoms with Crippen molar-refractivity contribution in [1.82, 2.24) is 9.80 Å². The number of rotatable bonds is 5. The Morgan fingerprint density at radius 3 is 2.61 bits per heavy atom. The molecule has 0 spiro atoms. The van der Waals surface area contributed by atoms with Gasteiger partial charge in [0.1, 0.15) is 11.6 Å². The minimum Gasteiger partial charge on any atom is -0.493 e. The van der Waals surface area contributed by atoms with Crippen LogP contribution in [0.4, 0.5) is 4.39 Å². The molecule has 3 rings (SSSR count).